The number of aromatic nitrogens is 3. The fraction of sp³-hybridized carbons (Fsp3) is 0.318. The van der Waals surface area contributed by atoms with Crippen LogP contribution in [-0.2, 0) is 6.54 Å². The predicted octanol–water partition coefficient (Wildman–Crippen LogP) is 4.80. The third-order valence-corrected chi connectivity index (χ3v) is 5.27. The number of nitro benzene ring substituents is 1. The van der Waals surface area contributed by atoms with Crippen molar-refractivity contribution < 1.29 is 4.92 Å². The first kappa shape index (κ1) is 19.8. The Kier molecular flexibility index (Phi) is 6.12. The van der Waals surface area contributed by atoms with Crippen LogP contribution in [0.25, 0.3) is 11.3 Å². The van der Waals surface area contributed by atoms with Crippen molar-refractivity contribution in [1.29, 1.82) is 0 Å². The molecule has 1 aliphatic rings. The van der Waals surface area contributed by atoms with Gasteiger partial charge in [0.05, 0.1) is 10.6 Å². The van der Waals surface area contributed by atoms with Gasteiger partial charge in [-0.3, -0.25) is 15.1 Å². The van der Waals surface area contributed by atoms with E-state index in [9.17, 15) is 10.1 Å². The summed E-state index contributed by atoms with van der Waals surface area (Å²) in [4.78, 5) is 24.4. The number of hydrogen-bond donors (Lipinski definition) is 2. The molecule has 1 fully saturated rings. The van der Waals surface area contributed by atoms with E-state index in [1.807, 2.05) is 18.2 Å². The van der Waals surface area contributed by atoms with Crippen LogP contribution in [-0.4, -0.2) is 25.9 Å². The van der Waals surface area contributed by atoms with Crippen LogP contribution in [0.5, 0.6) is 0 Å². The normalized spacial score (nSPS) is 14.3. The van der Waals surface area contributed by atoms with Gasteiger partial charge in [-0.15, -0.1) is 0 Å². The number of pyridine rings is 1. The molecule has 3 aromatic rings. The van der Waals surface area contributed by atoms with Crippen LogP contribution in [0, 0.1) is 10.1 Å². The van der Waals surface area contributed by atoms with Crippen LogP contribution in [0.2, 0.25) is 0 Å². The van der Waals surface area contributed by atoms with Crippen molar-refractivity contribution in [3.63, 3.8) is 0 Å². The smallest absolute Gasteiger partial charge is 0.274 e. The molecule has 1 aromatic carbocycles. The molecular weight excluding hydrogens is 380 g/mol. The monoisotopic (exact) mass is 404 g/mol. The number of nitrogens with zero attached hydrogens (tertiary/aromatic N) is 4. The summed E-state index contributed by atoms with van der Waals surface area (Å²) in [6, 6.07) is 12.7. The lowest BCUT2D eigenvalue weighted by Crippen LogP contribution is -2.23. The van der Waals surface area contributed by atoms with E-state index < -0.39 is 0 Å². The first-order valence-corrected chi connectivity index (χ1v) is 10.2. The van der Waals surface area contributed by atoms with Gasteiger partial charge >= 0.3 is 0 Å². The fourth-order valence-electron chi connectivity index (χ4n) is 3.72. The predicted molar refractivity (Wildman–Crippen MR) is 116 cm³/mol. The van der Waals surface area contributed by atoms with Crippen LogP contribution in [0.4, 0.5) is 17.5 Å². The average Bonchev–Trinajstić information content (AvgIpc) is 2.79. The molecule has 0 spiro atoms. The minimum absolute atomic E-state index is 0.0899. The Morgan fingerprint density at radius 2 is 1.90 bits per heavy atom. The third kappa shape index (κ3) is 4.89. The minimum Gasteiger partial charge on any atom is -0.366 e. The number of para-hydroxylation sites is 1. The summed E-state index contributed by atoms with van der Waals surface area (Å²) in [5, 5.41) is 18.0. The highest BCUT2D eigenvalue weighted by molar-refractivity contribution is 5.63. The molecule has 30 heavy (non-hydrogen) atoms. The maximum atomic E-state index is 11.3. The first-order valence-electron chi connectivity index (χ1n) is 10.2. The van der Waals surface area contributed by atoms with Gasteiger partial charge in [0.15, 0.2) is 0 Å². The van der Waals surface area contributed by atoms with Crippen LogP contribution in [0.3, 0.4) is 0 Å². The molecule has 0 aliphatic heterocycles. The van der Waals surface area contributed by atoms with E-state index in [0.717, 1.165) is 24.1 Å². The van der Waals surface area contributed by atoms with E-state index >= 15 is 0 Å². The lowest BCUT2D eigenvalue weighted by atomic mass is 9.96. The van der Waals surface area contributed by atoms with E-state index in [4.69, 9.17) is 0 Å². The van der Waals surface area contributed by atoms with Crippen molar-refractivity contribution in [2.45, 2.75) is 44.7 Å². The zero-order valence-corrected chi connectivity index (χ0v) is 16.6. The summed E-state index contributed by atoms with van der Waals surface area (Å²) < 4.78 is 0. The lowest BCUT2D eigenvalue weighted by Gasteiger charge is -2.23. The molecule has 2 N–H and O–H groups in total. The fourth-order valence-corrected chi connectivity index (χ4v) is 3.72. The minimum atomic E-state index is -0.367. The molecule has 2 aromatic heterocycles. The summed E-state index contributed by atoms with van der Waals surface area (Å²) >= 11 is 0. The number of benzene rings is 1. The molecule has 8 nitrogen and oxygen atoms in total. The van der Waals surface area contributed by atoms with Gasteiger partial charge in [-0.2, -0.15) is 4.98 Å². The largest absolute Gasteiger partial charge is 0.366 e. The van der Waals surface area contributed by atoms with E-state index in [-0.39, 0.29) is 10.6 Å². The second-order valence-corrected chi connectivity index (χ2v) is 7.42. The molecule has 1 aliphatic carbocycles. The zero-order chi connectivity index (χ0) is 20.8. The summed E-state index contributed by atoms with van der Waals surface area (Å²) in [6.07, 6.45) is 9.40. The van der Waals surface area contributed by atoms with Gasteiger partial charge in [0.2, 0.25) is 5.95 Å². The Morgan fingerprint density at radius 1 is 1.07 bits per heavy atom. The maximum absolute atomic E-state index is 11.3. The highest BCUT2D eigenvalue weighted by Gasteiger charge is 2.16. The molecule has 0 amide bonds. The zero-order valence-electron chi connectivity index (χ0n) is 16.6. The summed E-state index contributed by atoms with van der Waals surface area (Å²) in [6.45, 7) is 0.295. The Morgan fingerprint density at radius 3 is 2.67 bits per heavy atom. The van der Waals surface area contributed by atoms with E-state index in [2.05, 4.69) is 25.6 Å². The van der Waals surface area contributed by atoms with E-state index in [0.29, 0.717) is 29.9 Å². The van der Waals surface area contributed by atoms with Gasteiger partial charge in [0.1, 0.15) is 5.82 Å². The number of rotatable bonds is 7. The Balaban J connectivity index is 1.59. The number of nitrogens with one attached hydrogen (secondary N) is 2. The average molecular weight is 404 g/mol. The lowest BCUT2D eigenvalue weighted by molar-refractivity contribution is -0.385. The standard InChI is InChI=1S/C22H24N6O2/c29-28(30)20-11-5-4-7-17(20)15-24-21-13-19(16-8-6-12-23-14-16)26-22(27-21)25-18-9-2-1-3-10-18/h4-8,11-14,18H,1-3,9-10,15H2,(H2,24,25,26,27). The van der Waals surface area contributed by atoms with E-state index in [1.54, 1.807) is 30.6 Å². The molecule has 4 rings (SSSR count). The second kappa shape index (κ2) is 9.30. The van der Waals surface area contributed by atoms with Crippen molar-refractivity contribution in [3.8, 4) is 11.3 Å². The number of anilines is 2. The summed E-state index contributed by atoms with van der Waals surface area (Å²) in [5.74, 6) is 1.17. The van der Waals surface area contributed by atoms with Crippen molar-refractivity contribution in [2.24, 2.45) is 0 Å². The molecular formula is C22H24N6O2. The van der Waals surface area contributed by atoms with Crippen LogP contribution < -0.4 is 10.6 Å². The Hall–Kier alpha value is -3.55. The van der Waals surface area contributed by atoms with Crippen molar-refractivity contribution in [2.75, 3.05) is 10.6 Å². The van der Waals surface area contributed by atoms with Gasteiger partial charge in [0.25, 0.3) is 5.69 Å². The SMILES string of the molecule is O=[N+]([O-])c1ccccc1CNc1cc(-c2cccnc2)nc(NC2CCCCC2)n1. The van der Waals surface area contributed by atoms with Crippen molar-refractivity contribution >= 4 is 17.5 Å². The molecule has 0 unspecified atom stereocenters. The van der Waals surface area contributed by atoms with Gasteiger partial charge in [-0.05, 0) is 25.0 Å². The van der Waals surface area contributed by atoms with Gasteiger partial charge in [0, 0.05) is 48.2 Å². The highest BCUT2D eigenvalue weighted by Crippen LogP contribution is 2.25. The van der Waals surface area contributed by atoms with Gasteiger partial charge in [-0.1, -0.05) is 37.5 Å². The molecule has 1 saturated carbocycles. The summed E-state index contributed by atoms with van der Waals surface area (Å²) in [5.41, 5.74) is 2.33. The third-order valence-electron chi connectivity index (χ3n) is 5.27. The van der Waals surface area contributed by atoms with Crippen molar-refractivity contribution in [1.82, 2.24) is 15.0 Å². The molecule has 0 bridgehead atoms. The van der Waals surface area contributed by atoms with Crippen LogP contribution >= 0.6 is 0 Å². The van der Waals surface area contributed by atoms with Gasteiger partial charge < -0.3 is 10.6 Å². The quantitative estimate of drug-likeness (QED) is 0.430. The first-order chi connectivity index (χ1) is 14.7. The Bertz CT molecular complexity index is 1010. The molecule has 154 valence electrons. The highest BCUT2D eigenvalue weighted by atomic mass is 16.6. The maximum Gasteiger partial charge on any atom is 0.274 e. The number of nitro groups is 1. The van der Waals surface area contributed by atoms with Crippen molar-refractivity contribution in [3.05, 3.63) is 70.5 Å². The second-order valence-electron chi connectivity index (χ2n) is 7.42. The Labute approximate surface area is 175 Å². The number of hydrogen-bond acceptors (Lipinski definition) is 7. The topological polar surface area (TPSA) is 106 Å². The molecule has 2 heterocycles. The van der Waals surface area contributed by atoms with Crippen LogP contribution in [0.1, 0.15) is 37.7 Å². The molecule has 0 radical (unpaired) electrons. The van der Waals surface area contributed by atoms with Gasteiger partial charge in [-0.25, -0.2) is 4.98 Å². The molecule has 0 atom stereocenters. The molecule has 0 saturated heterocycles. The summed E-state index contributed by atoms with van der Waals surface area (Å²) in [7, 11) is 0. The van der Waals surface area contributed by atoms with E-state index in [1.165, 1.54) is 25.3 Å². The molecule has 8 heteroatoms. The van der Waals surface area contributed by atoms with Crippen LogP contribution in [0.15, 0.2) is 54.9 Å².